The lowest BCUT2D eigenvalue weighted by molar-refractivity contribution is 0.0599. The Bertz CT molecular complexity index is 359. The van der Waals surface area contributed by atoms with E-state index in [1.54, 1.807) is 6.07 Å². The lowest BCUT2D eigenvalue weighted by Gasteiger charge is -2.05. The van der Waals surface area contributed by atoms with Gasteiger partial charge in [0.05, 0.1) is 25.7 Å². The second kappa shape index (κ2) is 6.78. The molecule has 6 heteroatoms. The molecule has 0 amide bonds. The number of rotatable bonds is 4. The Hall–Kier alpha value is 0.290. The van der Waals surface area contributed by atoms with Crippen molar-refractivity contribution in [3.63, 3.8) is 0 Å². The summed E-state index contributed by atoms with van der Waals surface area (Å²) >= 11 is 5.49. The van der Waals surface area contributed by atoms with Gasteiger partial charge in [0.15, 0.2) is 0 Å². The van der Waals surface area contributed by atoms with Crippen molar-refractivity contribution in [2.75, 3.05) is 7.11 Å². The molecule has 1 aromatic carbocycles. The maximum atomic E-state index is 11.3. The number of benzene rings is 1. The predicted octanol–water partition coefficient (Wildman–Crippen LogP) is 3.70. The van der Waals surface area contributed by atoms with Crippen LogP contribution in [-0.4, -0.2) is 13.1 Å². The van der Waals surface area contributed by atoms with E-state index in [2.05, 4.69) is 42.7 Å². The minimum absolute atomic E-state index is 0.342. The number of methoxy groups -OCH3 is 1. The van der Waals surface area contributed by atoms with Gasteiger partial charge < -0.3 is 9.26 Å². The molecule has 0 spiro atoms. The second-order valence-corrected chi connectivity index (χ2v) is 5.29. The molecule has 82 valence electrons. The average molecular weight is 403 g/mol. The molecule has 0 saturated carbocycles. The van der Waals surface area contributed by atoms with Crippen LogP contribution in [0.1, 0.15) is 15.9 Å². The molecule has 0 aliphatic carbocycles. The Morgan fingerprint density at radius 3 is 2.87 bits per heavy atom. The number of hydrogen-bond donors (Lipinski definition) is 0. The van der Waals surface area contributed by atoms with E-state index in [1.807, 2.05) is 12.1 Å². The van der Waals surface area contributed by atoms with Gasteiger partial charge in [0.1, 0.15) is 0 Å². The van der Waals surface area contributed by atoms with Crippen LogP contribution in [0.2, 0.25) is 0 Å². The summed E-state index contributed by atoms with van der Waals surface area (Å²) in [5.74, 6) is -0.342. The maximum absolute atomic E-state index is 11.3. The highest BCUT2D eigenvalue weighted by atomic mass is 127. The Labute approximate surface area is 111 Å². The Balaban J connectivity index is 2.83. The summed E-state index contributed by atoms with van der Waals surface area (Å²) in [6, 6.07) is 5.45. The molecule has 0 fully saturated rings. The predicted molar refractivity (Wildman–Crippen MR) is 72.6 cm³/mol. The summed E-state index contributed by atoms with van der Waals surface area (Å²) < 4.78 is 10.6. The third kappa shape index (κ3) is 3.98. The molecule has 0 bridgehead atoms. The molecular weight excluding hydrogens is 394 g/mol. The number of carbonyl (C=O) groups excluding carboxylic acids is 1. The zero-order valence-electron chi connectivity index (χ0n) is 7.92. The standard InChI is InChI=1S/C9H9BrIO3P/c1-13-9(12)7-3-2-6(4-8(7)10)5-14-15-11/h2-4,15H,5H2,1H3. The molecule has 15 heavy (non-hydrogen) atoms. The van der Waals surface area contributed by atoms with E-state index in [-0.39, 0.29) is 5.97 Å². The first-order valence-corrected chi connectivity index (χ1v) is 8.84. The molecule has 0 N–H and O–H groups in total. The van der Waals surface area contributed by atoms with Crippen LogP contribution in [0.4, 0.5) is 0 Å². The first-order chi connectivity index (χ1) is 7.19. The van der Waals surface area contributed by atoms with Crippen LogP contribution in [0.5, 0.6) is 0 Å². The van der Waals surface area contributed by atoms with Crippen molar-refractivity contribution in [1.82, 2.24) is 0 Å². The van der Waals surface area contributed by atoms with Crippen molar-refractivity contribution < 1.29 is 14.1 Å². The molecule has 3 nitrogen and oxygen atoms in total. The minimum atomic E-state index is -0.342. The second-order valence-electron chi connectivity index (χ2n) is 2.67. The lowest BCUT2D eigenvalue weighted by Crippen LogP contribution is -2.02. The molecule has 1 unspecified atom stereocenters. The van der Waals surface area contributed by atoms with Gasteiger partial charge in [-0.3, -0.25) is 0 Å². The van der Waals surface area contributed by atoms with Crippen LogP contribution < -0.4 is 0 Å². The van der Waals surface area contributed by atoms with Gasteiger partial charge in [-0.1, -0.05) is 6.07 Å². The van der Waals surface area contributed by atoms with Crippen LogP contribution in [0.25, 0.3) is 0 Å². The summed E-state index contributed by atoms with van der Waals surface area (Å²) in [6.07, 6.45) is 0. The summed E-state index contributed by atoms with van der Waals surface area (Å²) in [5, 5.41) is 0. The summed E-state index contributed by atoms with van der Waals surface area (Å²) in [7, 11) is 1.36. The van der Waals surface area contributed by atoms with E-state index in [0.29, 0.717) is 18.6 Å². The van der Waals surface area contributed by atoms with Gasteiger partial charge in [0.25, 0.3) is 0 Å². The third-order valence-corrected chi connectivity index (χ3v) is 3.58. The average Bonchev–Trinajstić information content (AvgIpc) is 2.25. The first kappa shape index (κ1) is 13.4. The first-order valence-electron chi connectivity index (χ1n) is 4.03. The van der Waals surface area contributed by atoms with Crippen LogP contribution >= 0.6 is 44.4 Å². The van der Waals surface area contributed by atoms with Crippen LogP contribution in [0.3, 0.4) is 0 Å². The summed E-state index contributed by atoms with van der Waals surface area (Å²) in [4.78, 5) is 11.3. The van der Waals surface area contributed by atoms with Crippen molar-refractivity contribution in [2.45, 2.75) is 6.61 Å². The Morgan fingerprint density at radius 2 is 2.33 bits per heavy atom. The van der Waals surface area contributed by atoms with E-state index in [0.717, 1.165) is 10.0 Å². The summed E-state index contributed by atoms with van der Waals surface area (Å²) in [6.45, 7) is 0.993. The van der Waals surface area contributed by atoms with Gasteiger partial charge in [-0.2, -0.15) is 0 Å². The number of carbonyl (C=O) groups is 1. The highest BCUT2D eigenvalue weighted by Gasteiger charge is 2.10. The zero-order chi connectivity index (χ0) is 11.3. The van der Waals surface area contributed by atoms with Gasteiger partial charge in [0, 0.05) is 4.47 Å². The molecule has 0 heterocycles. The normalized spacial score (nSPS) is 10.9. The van der Waals surface area contributed by atoms with Crippen molar-refractivity contribution in [3.05, 3.63) is 33.8 Å². The highest BCUT2D eigenvalue weighted by Crippen LogP contribution is 2.25. The van der Waals surface area contributed by atoms with E-state index in [1.165, 1.54) is 7.11 Å². The number of hydrogen-bond acceptors (Lipinski definition) is 3. The van der Waals surface area contributed by atoms with Gasteiger partial charge >= 0.3 is 5.97 Å². The smallest absolute Gasteiger partial charge is 0.339 e. The monoisotopic (exact) mass is 402 g/mol. The molecule has 0 aromatic heterocycles. The highest BCUT2D eigenvalue weighted by molar-refractivity contribution is 14.2. The van der Waals surface area contributed by atoms with Crippen molar-refractivity contribution in [3.8, 4) is 0 Å². The van der Waals surface area contributed by atoms with Crippen molar-refractivity contribution >= 4 is 50.4 Å². The van der Waals surface area contributed by atoms with Crippen molar-refractivity contribution in [1.29, 1.82) is 0 Å². The largest absolute Gasteiger partial charge is 0.465 e. The van der Waals surface area contributed by atoms with Crippen LogP contribution in [0, 0.1) is 0 Å². The van der Waals surface area contributed by atoms with Gasteiger partial charge in [-0.15, -0.1) is 0 Å². The third-order valence-electron chi connectivity index (χ3n) is 1.73. The molecule has 1 aromatic rings. The lowest BCUT2D eigenvalue weighted by atomic mass is 10.1. The Kier molecular flexibility index (Phi) is 6.04. The summed E-state index contributed by atoms with van der Waals surface area (Å²) in [5.41, 5.74) is 1.55. The van der Waals surface area contributed by atoms with E-state index in [4.69, 9.17) is 4.52 Å². The van der Waals surface area contributed by atoms with E-state index >= 15 is 0 Å². The van der Waals surface area contributed by atoms with Crippen molar-refractivity contribution in [2.24, 2.45) is 0 Å². The molecule has 0 saturated heterocycles. The van der Waals surface area contributed by atoms with Gasteiger partial charge in [0.2, 0.25) is 0 Å². The van der Waals surface area contributed by atoms with Gasteiger partial charge in [-0.25, -0.2) is 4.79 Å². The van der Waals surface area contributed by atoms with E-state index in [9.17, 15) is 4.79 Å². The number of esters is 1. The molecule has 1 rings (SSSR count). The Morgan fingerprint density at radius 1 is 1.60 bits per heavy atom. The van der Waals surface area contributed by atoms with E-state index < -0.39 is 0 Å². The molecule has 0 radical (unpaired) electrons. The fourth-order valence-electron chi connectivity index (χ4n) is 1.03. The molecule has 0 aliphatic rings. The van der Waals surface area contributed by atoms with Gasteiger partial charge in [-0.05, 0) is 55.7 Å². The fourth-order valence-corrected chi connectivity index (χ4v) is 2.31. The zero-order valence-corrected chi connectivity index (χ0v) is 12.7. The fraction of sp³-hybridized carbons (Fsp3) is 0.222. The maximum Gasteiger partial charge on any atom is 0.339 e. The quantitative estimate of drug-likeness (QED) is 0.437. The SMILES string of the molecule is COC(=O)c1ccc(COPI)cc1Br. The molecular formula is C9H9BrIO3P. The van der Waals surface area contributed by atoms with Crippen LogP contribution in [0.15, 0.2) is 22.7 Å². The number of halogens is 2. The topological polar surface area (TPSA) is 35.5 Å². The number of ether oxygens (including phenoxy) is 1. The van der Waals surface area contributed by atoms with Crippen LogP contribution in [-0.2, 0) is 15.9 Å². The molecule has 0 aliphatic heterocycles. The molecule has 1 atom stereocenters. The minimum Gasteiger partial charge on any atom is -0.465 e.